The number of rotatable bonds is 3. The zero-order valence-electron chi connectivity index (χ0n) is 16.0. The molecule has 1 aliphatic rings. The highest BCUT2D eigenvalue weighted by molar-refractivity contribution is 6.36. The van der Waals surface area contributed by atoms with Gasteiger partial charge in [-0.1, -0.05) is 43.6 Å². The number of hydrogen-bond donors (Lipinski definition) is 0. The van der Waals surface area contributed by atoms with Gasteiger partial charge in [-0.25, -0.2) is 4.99 Å². The van der Waals surface area contributed by atoms with Crippen LogP contribution in [0.4, 0.5) is 5.69 Å². The SMILES string of the molecule is Cc1c2c(cn1C)N(C)C(=O)C(OC(=O)C(C)C)N=C2c1ccccc1Cl. The normalized spacial score (nSPS) is 16.9. The Kier molecular flexibility index (Phi) is 5.11. The number of ether oxygens (including phenoxy) is 1. The third-order valence-corrected chi connectivity index (χ3v) is 5.01. The summed E-state index contributed by atoms with van der Waals surface area (Å²) in [5.74, 6) is -1.25. The number of esters is 1. The van der Waals surface area contributed by atoms with Crippen LogP contribution in [0.1, 0.15) is 30.7 Å². The second-order valence-corrected chi connectivity index (χ2v) is 7.29. The molecule has 0 N–H and O–H groups in total. The number of aliphatic imine (C=N–C) groups is 1. The first-order chi connectivity index (χ1) is 12.7. The van der Waals surface area contributed by atoms with Crippen LogP contribution in [0.2, 0.25) is 5.02 Å². The van der Waals surface area contributed by atoms with Gasteiger partial charge in [0.1, 0.15) is 0 Å². The third kappa shape index (κ3) is 3.37. The number of aryl methyl sites for hydroxylation is 1. The van der Waals surface area contributed by atoms with E-state index in [1.165, 1.54) is 4.90 Å². The molecule has 0 saturated carbocycles. The number of amides is 1. The maximum atomic E-state index is 12.9. The summed E-state index contributed by atoms with van der Waals surface area (Å²) in [6.45, 7) is 5.37. The van der Waals surface area contributed by atoms with Crippen molar-refractivity contribution in [3.8, 4) is 0 Å². The summed E-state index contributed by atoms with van der Waals surface area (Å²) in [5, 5.41) is 0.511. The monoisotopic (exact) mass is 387 g/mol. The average Bonchev–Trinajstić information content (AvgIpc) is 2.87. The number of benzene rings is 1. The van der Waals surface area contributed by atoms with E-state index in [1.54, 1.807) is 27.0 Å². The molecule has 0 spiro atoms. The zero-order valence-corrected chi connectivity index (χ0v) is 16.7. The van der Waals surface area contributed by atoms with Crippen LogP contribution in [0.25, 0.3) is 0 Å². The van der Waals surface area contributed by atoms with Gasteiger partial charge in [0, 0.05) is 42.1 Å². The average molecular weight is 388 g/mol. The Labute approximate surface area is 163 Å². The van der Waals surface area contributed by atoms with Gasteiger partial charge in [0.05, 0.1) is 17.3 Å². The predicted octanol–water partition coefficient (Wildman–Crippen LogP) is 3.33. The lowest BCUT2D eigenvalue weighted by molar-refractivity contribution is -0.157. The molecule has 1 amide bonds. The molecule has 3 rings (SSSR count). The molecule has 0 saturated heterocycles. The van der Waals surface area contributed by atoms with Gasteiger partial charge in [-0.05, 0) is 13.0 Å². The first kappa shape index (κ1) is 19.2. The summed E-state index contributed by atoms with van der Waals surface area (Å²) < 4.78 is 7.34. The van der Waals surface area contributed by atoms with Crippen LogP contribution >= 0.6 is 11.6 Å². The van der Waals surface area contributed by atoms with E-state index in [4.69, 9.17) is 16.3 Å². The van der Waals surface area contributed by atoms with Gasteiger partial charge in [-0.15, -0.1) is 0 Å². The van der Waals surface area contributed by atoms with Crippen LogP contribution in [0.3, 0.4) is 0 Å². The van der Waals surface area contributed by atoms with Crippen molar-refractivity contribution in [2.75, 3.05) is 11.9 Å². The van der Waals surface area contributed by atoms with Crippen LogP contribution in [-0.4, -0.2) is 35.4 Å². The maximum absolute atomic E-state index is 12.9. The van der Waals surface area contributed by atoms with E-state index in [-0.39, 0.29) is 5.92 Å². The molecule has 1 aromatic heterocycles. The minimum Gasteiger partial charge on any atom is -0.430 e. The van der Waals surface area contributed by atoms with Crippen molar-refractivity contribution in [1.82, 2.24) is 4.57 Å². The maximum Gasteiger partial charge on any atom is 0.310 e. The van der Waals surface area contributed by atoms with Crippen LogP contribution in [0.15, 0.2) is 35.5 Å². The fourth-order valence-corrected chi connectivity index (χ4v) is 3.18. The largest absolute Gasteiger partial charge is 0.430 e. The minimum atomic E-state index is -1.26. The number of fused-ring (bicyclic) bond motifs is 1. The summed E-state index contributed by atoms with van der Waals surface area (Å²) in [4.78, 5) is 31.1. The lowest BCUT2D eigenvalue weighted by Crippen LogP contribution is -2.38. The molecule has 1 aromatic carbocycles. The van der Waals surface area contributed by atoms with E-state index in [9.17, 15) is 9.59 Å². The number of carbonyl (C=O) groups is 2. The lowest BCUT2D eigenvalue weighted by atomic mass is 10.0. The van der Waals surface area contributed by atoms with Crippen molar-refractivity contribution in [2.24, 2.45) is 18.0 Å². The Morgan fingerprint density at radius 3 is 2.56 bits per heavy atom. The Morgan fingerprint density at radius 2 is 1.93 bits per heavy atom. The van der Waals surface area contributed by atoms with Crippen LogP contribution in [-0.2, 0) is 21.4 Å². The van der Waals surface area contributed by atoms with Crippen molar-refractivity contribution in [2.45, 2.75) is 27.0 Å². The smallest absolute Gasteiger partial charge is 0.310 e. The zero-order chi connectivity index (χ0) is 19.9. The third-order valence-electron chi connectivity index (χ3n) is 4.68. The highest BCUT2D eigenvalue weighted by atomic mass is 35.5. The molecule has 6 nitrogen and oxygen atoms in total. The molecule has 1 aliphatic heterocycles. The van der Waals surface area contributed by atoms with Crippen molar-refractivity contribution in [1.29, 1.82) is 0 Å². The predicted molar refractivity (Wildman–Crippen MR) is 105 cm³/mol. The van der Waals surface area contributed by atoms with Crippen LogP contribution in [0, 0.1) is 12.8 Å². The highest BCUT2D eigenvalue weighted by Gasteiger charge is 2.35. The second kappa shape index (κ2) is 7.19. The number of nitrogens with zero attached hydrogens (tertiary/aromatic N) is 3. The van der Waals surface area contributed by atoms with E-state index in [0.717, 1.165) is 11.3 Å². The Balaban J connectivity index is 2.24. The van der Waals surface area contributed by atoms with Crippen LogP contribution in [0.5, 0.6) is 0 Å². The Morgan fingerprint density at radius 1 is 1.26 bits per heavy atom. The first-order valence-electron chi connectivity index (χ1n) is 8.69. The number of anilines is 1. The summed E-state index contributed by atoms with van der Waals surface area (Å²) in [5.41, 5.74) is 3.64. The number of halogens is 1. The van der Waals surface area contributed by atoms with Crippen molar-refractivity contribution in [3.05, 3.63) is 52.3 Å². The minimum absolute atomic E-state index is 0.365. The van der Waals surface area contributed by atoms with Crippen molar-refractivity contribution >= 4 is 34.9 Å². The van der Waals surface area contributed by atoms with Crippen molar-refractivity contribution in [3.63, 3.8) is 0 Å². The van der Waals surface area contributed by atoms with E-state index >= 15 is 0 Å². The molecule has 142 valence electrons. The lowest BCUT2D eigenvalue weighted by Gasteiger charge is -2.19. The Bertz CT molecular complexity index is 946. The molecule has 0 fully saturated rings. The molecule has 1 atom stereocenters. The topological polar surface area (TPSA) is 63.9 Å². The molecule has 0 aliphatic carbocycles. The van der Waals surface area contributed by atoms with Gasteiger partial charge in [0.15, 0.2) is 0 Å². The summed E-state index contributed by atoms with van der Waals surface area (Å²) in [6, 6.07) is 7.29. The molecule has 0 bridgehead atoms. The standard InChI is InChI=1S/C20H22ClN3O3/c1-11(2)20(26)27-18-19(25)24(5)15-10-23(4)12(3)16(15)17(22-18)13-8-6-7-9-14(13)21/h6-11,18H,1-5H3. The fraction of sp³-hybridized carbons (Fsp3) is 0.350. The first-order valence-corrected chi connectivity index (χ1v) is 9.07. The molecular weight excluding hydrogens is 366 g/mol. The van der Waals surface area contributed by atoms with Gasteiger partial charge in [-0.3, -0.25) is 9.59 Å². The quantitative estimate of drug-likeness (QED) is 0.759. The molecule has 0 radical (unpaired) electrons. The number of likely N-dealkylation sites (N-methyl/N-ethyl adjacent to an activating group) is 1. The summed E-state index contributed by atoms with van der Waals surface area (Å²) in [7, 11) is 3.56. The van der Waals surface area contributed by atoms with Gasteiger partial charge in [0.2, 0.25) is 0 Å². The number of hydrogen-bond acceptors (Lipinski definition) is 4. The molecular formula is C20H22ClN3O3. The highest BCUT2D eigenvalue weighted by Crippen LogP contribution is 2.33. The second-order valence-electron chi connectivity index (χ2n) is 6.88. The molecule has 27 heavy (non-hydrogen) atoms. The number of aromatic nitrogens is 1. The van der Waals surface area contributed by atoms with Crippen LogP contribution < -0.4 is 4.90 Å². The van der Waals surface area contributed by atoms with Gasteiger partial charge in [-0.2, -0.15) is 0 Å². The summed E-state index contributed by atoms with van der Waals surface area (Å²) >= 11 is 6.42. The molecule has 7 heteroatoms. The van der Waals surface area contributed by atoms with Gasteiger partial charge < -0.3 is 14.2 Å². The summed E-state index contributed by atoms with van der Waals surface area (Å²) in [6.07, 6.45) is 0.606. The van der Waals surface area contributed by atoms with Gasteiger partial charge in [0.25, 0.3) is 12.1 Å². The molecule has 2 heterocycles. The molecule has 2 aromatic rings. The number of carbonyl (C=O) groups excluding carboxylic acids is 2. The van der Waals surface area contributed by atoms with Crippen molar-refractivity contribution < 1.29 is 14.3 Å². The molecule has 1 unspecified atom stereocenters. The van der Waals surface area contributed by atoms with E-state index < -0.39 is 18.1 Å². The van der Waals surface area contributed by atoms with E-state index in [1.807, 2.05) is 42.9 Å². The Hall–Kier alpha value is -2.60. The van der Waals surface area contributed by atoms with E-state index in [0.29, 0.717) is 22.0 Å². The van der Waals surface area contributed by atoms with E-state index in [2.05, 4.69) is 4.99 Å². The van der Waals surface area contributed by atoms with Gasteiger partial charge >= 0.3 is 5.97 Å². The fourth-order valence-electron chi connectivity index (χ4n) is 2.96.